The lowest BCUT2D eigenvalue weighted by molar-refractivity contribution is -0.125. The van der Waals surface area contributed by atoms with E-state index in [1.54, 1.807) is 12.1 Å². The average Bonchev–Trinajstić information content (AvgIpc) is 3.05. The second kappa shape index (κ2) is 8.29. The maximum atomic E-state index is 12.8. The summed E-state index contributed by atoms with van der Waals surface area (Å²) in [6.45, 7) is 0.368. The average molecular weight is 353 g/mol. The van der Waals surface area contributed by atoms with Gasteiger partial charge in [0, 0.05) is 23.6 Å². The van der Waals surface area contributed by atoms with Crippen LogP contribution in [-0.4, -0.2) is 29.9 Å². The highest BCUT2D eigenvalue weighted by Gasteiger charge is 2.10. The molecule has 0 spiro atoms. The van der Waals surface area contributed by atoms with Gasteiger partial charge in [0.05, 0.1) is 13.0 Å². The summed E-state index contributed by atoms with van der Waals surface area (Å²) in [5.74, 6) is -0.737. The molecule has 26 heavy (non-hydrogen) atoms. The highest BCUT2D eigenvalue weighted by atomic mass is 19.1. The molecule has 0 unspecified atom stereocenters. The standard InChI is InChI=1S/C20H20FN3O2/c21-16-7-5-14(6-8-16)9-10-22-20(26)13-24-19(25)11-15-12-23-18-4-2-1-3-17(15)18/h1-8,12,23H,9-11,13H2,(H,22,26)(H,24,25). The summed E-state index contributed by atoms with van der Waals surface area (Å²) in [7, 11) is 0. The van der Waals surface area contributed by atoms with Gasteiger partial charge in [0.2, 0.25) is 11.8 Å². The van der Waals surface area contributed by atoms with Crippen LogP contribution in [0.25, 0.3) is 10.9 Å². The van der Waals surface area contributed by atoms with Crippen molar-refractivity contribution in [3.8, 4) is 0 Å². The molecule has 5 nitrogen and oxygen atoms in total. The number of rotatable bonds is 7. The van der Waals surface area contributed by atoms with Crippen molar-refractivity contribution >= 4 is 22.7 Å². The molecule has 0 aliphatic heterocycles. The van der Waals surface area contributed by atoms with E-state index in [1.165, 1.54) is 12.1 Å². The van der Waals surface area contributed by atoms with Crippen molar-refractivity contribution in [3.05, 3.63) is 71.7 Å². The van der Waals surface area contributed by atoms with Crippen molar-refractivity contribution in [2.24, 2.45) is 0 Å². The largest absolute Gasteiger partial charge is 0.361 e. The predicted molar refractivity (Wildman–Crippen MR) is 98.1 cm³/mol. The van der Waals surface area contributed by atoms with Crippen LogP contribution >= 0.6 is 0 Å². The van der Waals surface area contributed by atoms with E-state index in [4.69, 9.17) is 0 Å². The summed E-state index contributed by atoms with van der Waals surface area (Å²) in [5, 5.41) is 6.37. The van der Waals surface area contributed by atoms with Crippen molar-refractivity contribution in [2.45, 2.75) is 12.8 Å². The highest BCUT2D eigenvalue weighted by molar-refractivity contribution is 5.90. The molecule has 3 rings (SSSR count). The van der Waals surface area contributed by atoms with Crippen LogP contribution in [0.4, 0.5) is 4.39 Å². The van der Waals surface area contributed by atoms with Gasteiger partial charge in [-0.25, -0.2) is 4.39 Å². The number of amides is 2. The maximum Gasteiger partial charge on any atom is 0.239 e. The molecule has 1 heterocycles. The van der Waals surface area contributed by atoms with Crippen LogP contribution in [0.15, 0.2) is 54.7 Å². The monoisotopic (exact) mass is 353 g/mol. The van der Waals surface area contributed by atoms with Gasteiger partial charge in [0.25, 0.3) is 0 Å². The van der Waals surface area contributed by atoms with Crippen LogP contribution in [0.1, 0.15) is 11.1 Å². The molecule has 0 saturated heterocycles. The molecule has 0 aliphatic carbocycles. The van der Waals surface area contributed by atoms with Crippen molar-refractivity contribution in [1.29, 1.82) is 0 Å². The molecular weight excluding hydrogens is 333 g/mol. The summed E-state index contributed by atoms with van der Waals surface area (Å²) < 4.78 is 12.8. The zero-order chi connectivity index (χ0) is 18.4. The number of carbonyl (C=O) groups is 2. The number of para-hydroxylation sites is 1. The SMILES string of the molecule is O=C(CNC(=O)Cc1c[nH]c2ccccc12)NCCc1ccc(F)cc1. The van der Waals surface area contributed by atoms with Gasteiger partial charge in [0.1, 0.15) is 5.82 Å². The number of H-pyrrole nitrogens is 1. The van der Waals surface area contributed by atoms with E-state index in [9.17, 15) is 14.0 Å². The number of benzene rings is 2. The smallest absolute Gasteiger partial charge is 0.239 e. The third-order valence-electron chi connectivity index (χ3n) is 4.12. The quantitative estimate of drug-likeness (QED) is 0.610. The second-order valence-electron chi connectivity index (χ2n) is 6.04. The lowest BCUT2D eigenvalue weighted by atomic mass is 10.1. The fourth-order valence-corrected chi connectivity index (χ4v) is 2.75. The third kappa shape index (κ3) is 4.69. The van der Waals surface area contributed by atoms with E-state index in [1.807, 2.05) is 30.5 Å². The predicted octanol–water partition coefficient (Wildman–Crippen LogP) is 2.32. The van der Waals surface area contributed by atoms with E-state index < -0.39 is 0 Å². The molecule has 0 aliphatic rings. The summed E-state index contributed by atoms with van der Waals surface area (Å²) in [6, 6.07) is 13.9. The number of carbonyl (C=O) groups excluding carboxylic acids is 2. The van der Waals surface area contributed by atoms with E-state index in [0.717, 1.165) is 22.0 Å². The first-order valence-electron chi connectivity index (χ1n) is 8.44. The van der Waals surface area contributed by atoms with Crippen molar-refractivity contribution in [3.63, 3.8) is 0 Å². The van der Waals surface area contributed by atoms with Gasteiger partial charge < -0.3 is 15.6 Å². The Hall–Kier alpha value is -3.15. The molecule has 0 radical (unpaired) electrons. The van der Waals surface area contributed by atoms with Gasteiger partial charge in [-0.3, -0.25) is 9.59 Å². The topological polar surface area (TPSA) is 74.0 Å². The van der Waals surface area contributed by atoms with Crippen molar-refractivity contribution < 1.29 is 14.0 Å². The molecule has 2 amide bonds. The van der Waals surface area contributed by atoms with Gasteiger partial charge in [-0.15, -0.1) is 0 Å². The molecule has 0 saturated carbocycles. The Kier molecular flexibility index (Phi) is 5.63. The van der Waals surface area contributed by atoms with Crippen LogP contribution in [0.5, 0.6) is 0 Å². The van der Waals surface area contributed by atoms with Crippen molar-refractivity contribution in [1.82, 2.24) is 15.6 Å². The van der Waals surface area contributed by atoms with Gasteiger partial charge in [0.15, 0.2) is 0 Å². The van der Waals surface area contributed by atoms with E-state index in [-0.39, 0.29) is 30.6 Å². The molecule has 134 valence electrons. The lowest BCUT2D eigenvalue weighted by Gasteiger charge is -2.07. The minimum absolute atomic E-state index is 0.0649. The lowest BCUT2D eigenvalue weighted by Crippen LogP contribution is -2.38. The van der Waals surface area contributed by atoms with Crippen molar-refractivity contribution in [2.75, 3.05) is 13.1 Å². The first-order valence-corrected chi connectivity index (χ1v) is 8.44. The van der Waals surface area contributed by atoms with Crippen LogP contribution < -0.4 is 10.6 Å². The van der Waals surface area contributed by atoms with Crippen LogP contribution in [0.3, 0.4) is 0 Å². The highest BCUT2D eigenvalue weighted by Crippen LogP contribution is 2.17. The van der Waals surface area contributed by atoms with Crippen LogP contribution in [-0.2, 0) is 22.4 Å². The molecule has 0 fully saturated rings. The van der Waals surface area contributed by atoms with Gasteiger partial charge in [-0.1, -0.05) is 30.3 Å². The van der Waals surface area contributed by atoms with E-state index in [0.29, 0.717) is 13.0 Å². The zero-order valence-corrected chi connectivity index (χ0v) is 14.2. The maximum absolute atomic E-state index is 12.8. The van der Waals surface area contributed by atoms with E-state index >= 15 is 0 Å². The normalized spacial score (nSPS) is 10.7. The summed E-state index contributed by atoms with van der Waals surface area (Å²) in [4.78, 5) is 27.0. The number of fused-ring (bicyclic) bond motifs is 1. The fourth-order valence-electron chi connectivity index (χ4n) is 2.75. The Morgan fingerprint density at radius 2 is 1.73 bits per heavy atom. The number of aromatic nitrogens is 1. The number of hydrogen-bond acceptors (Lipinski definition) is 2. The van der Waals surface area contributed by atoms with Gasteiger partial charge >= 0.3 is 0 Å². The number of aromatic amines is 1. The number of nitrogens with one attached hydrogen (secondary N) is 3. The minimum atomic E-state index is -0.282. The second-order valence-corrected chi connectivity index (χ2v) is 6.04. The van der Waals surface area contributed by atoms with Gasteiger partial charge in [-0.05, 0) is 35.7 Å². The Labute approximate surface area is 150 Å². The van der Waals surface area contributed by atoms with Crippen LogP contribution in [0, 0.1) is 5.82 Å². The summed E-state index contributed by atoms with van der Waals surface area (Å²) >= 11 is 0. The molecule has 0 atom stereocenters. The Morgan fingerprint density at radius 3 is 2.54 bits per heavy atom. The van der Waals surface area contributed by atoms with Crippen LogP contribution in [0.2, 0.25) is 0 Å². The number of hydrogen-bond donors (Lipinski definition) is 3. The molecule has 0 bridgehead atoms. The Morgan fingerprint density at radius 1 is 0.962 bits per heavy atom. The molecule has 1 aromatic heterocycles. The first-order chi connectivity index (χ1) is 12.6. The van der Waals surface area contributed by atoms with E-state index in [2.05, 4.69) is 15.6 Å². The zero-order valence-electron chi connectivity index (χ0n) is 14.2. The Bertz CT molecular complexity index is 903. The minimum Gasteiger partial charge on any atom is -0.361 e. The molecule has 6 heteroatoms. The molecule has 3 aromatic rings. The number of halogens is 1. The molecular formula is C20H20FN3O2. The molecule has 3 N–H and O–H groups in total. The summed E-state index contributed by atoms with van der Waals surface area (Å²) in [6.07, 6.45) is 2.63. The fraction of sp³-hybridized carbons (Fsp3) is 0.200. The molecule has 2 aromatic carbocycles. The van der Waals surface area contributed by atoms with Gasteiger partial charge in [-0.2, -0.15) is 0 Å². The summed E-state index contributed by atoms with van der Waals surface area (Å²) in [5.41, 5.74) is 2.82. The Balaban J connectivity index is 1.39. The first kappa shape index (κ1) is 17.7. The third-order valence-corrected chi connectivity index (χ3v) is 4.12.